The van der Waals surface area contributed by atoms with Crippen LogP contribution in [0.5, 0.6) is 11.5 Å². The smallest absolute Gasteiger partial charge is 0.295 e. The summed E-state index contributed by atoms with van der Waals surface area (Å²) < 4.78 is 17.7. The first-order chi connectivity index (χ1) is 18.3. The lowest BCUT2D eigenvalue weighted by Gasteiger charge is -2.26. The summed E-state index contributed by atoms with van der Waals surface area (Å²) >= 11 is 6.21. The first kappa shape index (κ1) is 25.9. The van der Waals surface area contributed by atoms with Crippen LogP contribution in [0.1, 0.15) is 60.5 Å². The van der Waals surface area contributed by atoms with Crippen molar-refractivity contribution in [1.29, 1.82) is 0 Å². The predicted molar refractivity (Wildman–Crippen MR) is 150 cm³/mol. The Morgan fingerprint density at radius 2 is 1.76 bits per heavy atom. The molecule has 38 heavy (non-hydrogen) atoms. The molecule has 0 saturated carbocycles. The number of aryl methyl sites for hydroxylation is 1. The van der Waals surface area contributed by atoms with Gasteiger partial charge in [-0.25, -0.2) is 0 Å². The first-order valence-corrected chi connectivity index (χ1v) is 13.2. The van der Waals surface area contributed by atoms with Crippen molar-refractivity contribution >= 4 is 34.2 Å². The number of amides is 1. The summed E-state index contributed by atoms with van der Waals surface area (Å²) in [7, 11) is 1.58. The zero-order valence-corrected chi connectivity index (χ0v) is 22.7. The van der Waals surface area contributed by atoms with E-state index in [0.29, 0.717) is 51.3 Å². The molecule has 1 amide bonds. The monoisotopic (exact) mass is 531 g/mol. The number of nitrogens with zero attached hydrogens (tertiary/aromatic N) is 1. The molecule has 3 aromatic carbocycles. The molecule has 2 heterocycles. The van der Waals surface area contributed by atoms with Gasteiger partial charge in [0.1, 0.15) is 5.58 Å². The molecule has 0 saturated heterocycles. The van der Waals surface area contributed by atoms with E-state index in [-0.39, 0.29) is 22.7 Å². The van der Waals surface area contributed by atoms with Crippen LogP contribution in [0.4, 0.5) is 5.69 Å². The largest absolute Gasteiger partial charge is 0.493 e. The number of carbonyl (C=O) groups is 1. The van der Waals surface area contributed by atoms with Gasteiger partial charge in [0, 0.05) is 10.7 Å². The molecule has 1 aliphatic rings. The molecular formula is C31H30ClNO5. The van der Waals surface area contributed by atoms with E-state index in [9.17, 15) is 9.59 Å². The van der Waals surface area contributed by atoms with Crippen LogP contribution in [0.25, 0.3) is 11.0 Å². The molecular weight excluding hydrogens is 502 g/mol. The maximum atomic E-state index is 13.9. The number of carbonyl (C=O) groups excluding carboxylic acids is 1. The molecule has 0 spiro atoms. The average molecular weight is 532 g/mol. The van der Waals surface area contributed by atoms with Gasteiger partial charge in [0.25, 0.3) is 5.91 Å². The third-order valence-corrected chi connectivity index (χ3v) is 7.15. The fourth-order valence-corrected chi connectivity index (χ4v) is 4.97. The molecule has 0 fully saturated rings. The van der Waals surface area contributed by atoms with Crippen LogP contribution >= 0.6 is 11.6 Å². The number of benzene rings is 3. The van der Waals surface area contributed by atoms with Crippen LogP contribution in [0.2, 0.25) is 5.02 Å². The Morgan fingerprint density at radius 3 is 2.45 bits per heavy atom. The molecule has 1 atom stereocenters. The van der Waals surface area contributed by atoms with Crippen molar-refractivity contribution in [3.63, 3.8) is 0 Å². The highest BCUT2D eigenvalue weighted by atomic mass is 35.5. The van der Waals surface area contributed by atoms with E-state index in [2.05, 4.69) is 20.8 Å². The Morgan fingerprint density at radius 1 is 1.00 bits per heavy atom. The number of ether oxygens (including phenoxy) is 2. The van der Waals surface area contributed by atoms with Crippen LogP contribution in [-0.4, -0.2) is 19.6 Å². The predicted octanol–water partition coefficient (Wildman–Crippen LogP) is 7.19. The van der Waals surface area contributed by atoms with Crippen molar-refractivity contribution in [2.45, 2.75) is 39.7 Å². The number of hydrogen-bond donors (Lipinski definition) is 0. The van der Waals surface area contributed by atoms with Gasteiger partial charge in [0.05, 0.1) is 30.7 Å². The number of halogens is 1. The third-order valence-electron chi connectivity index (χ3n) is 6.91. The van der Waals surface area contributed by atoms with Gasteiger partial charge in [-0.1, -0.05) is 50.6 Å². The summed E-state index contributed by atoms with van der Waals surface area (Å²) in [4.78, 5) is 29.3. The zero-order valence-electron chi connectivity index (χ0n) is 21.9. The Balaban J connectivity index is 1.68. The molecule has 0 radical (unpaired) electrons. The van der Waals surface area contributed by atoms with E-state index < -0.39 is 6.04 Å². The Kier molecular flexibility index (Phi) is 7.17. The van der Waals surface area contributed by atoms with Gasteiger partial charge in [-0.05, 0) is 72.4 Å². The molecule has 1 aromatic heterocycles. The molecule has 6 nitrogen and oxygen atoms in total. The summed E-state index contributed by atoms with van der Waals surface area (Å²) in [5.41, 5.74) is 2.83. The van der Waals surface area contributed by atoms with E-state index in [4.69, 9.17) is 25.5 Å². The lowest BCUT2D eigenvalue weighted by molar-refractivity contribution is 0.0971. The highest BCUT2D eigenvalue weighted by Gasteiger charge is 2.44. The van der Waals surface area contributed by atoms with Gasteiger partial charge in [0.2, 0.25) is 5.76 Å². The van der Waals surface area contributed by atoms with Gasteiger partial charge in [-0.2, -0.15) is 0 Å². The molecule has 0 aliphatic carbocycles. The Hall–Kier alpha value is -3.77. The minimum absolute atomic E-state index is 0.0330. The average Bonchev–Trinajstić information content (AvgIpc) is 3.21. The number of hydrogen-bond acceptors (Lipinski definition) is 5. The maximum absolute atomic E-state index is 13.9. The van der Waals surface area contributed by atoms with Gasteiger partial charge >= 0.3 is 0 Å². The van der Waals surface area contributed by atoms with Crippen LogP contribution in [0, 0.1) is 5.92 Å². The normalized spacial score (nSPS) is 14.8. The van der Waals surface area contributed by atoms with Crippen LogP contribution in [0.15, 0.2) is 69.9 Å². The van der Waals surface area contributed by atoms with Gasteiger partial charge in [-0.15, -0.1) is 0 Å². The maximum Gasteiger partial charge on any atom is 0.295 e. The lowest BCUT2D eigenvalue weighted by atomic mass is 9.97. The summed E-state index contributed by atoms with van der Waals surface area (Å²) in [6, 6.07) is 17.4. The molecule has 7 heteroatoms. The van der Waals surface area contributed by atoms with Crippen molar-refractivity contribution < 1.29 is 18.7 Å². The molecule has 4 aromatic rings. The number of anilines is 1. The highest BCUT2D eigenvalue weighted by molar-refractivity contribution is 6.31. The van der Waals surface area contributed by atoms with Gasteiger partial charge in [-0.3, -0.25) is 14.5 Å². The van der Waals surface area contributed by atoms with Crippen molar-refractivity contribution in [3.8, 4) is 11.5 Å². The molecule has 5 rings (SSSR count). The number of rotatable bonds is 8. The second-order valence-corrected chi connectivity index (χ2v) is 10.3. The SMILES string of the molecule is CCc1ccc(N2C(=O)c3oc4ccc(Cl)cc4c(=O)c3C2c2ccc(OCCC(C)C)c(OC)c2)cc1. The lowest BCUT2D eigenvalue weighted by Crippen LogP contribution is -2.29. The van der Waals surface area contributed by atoms with E-state index in [1.54, 1.807) is 30.2 Å². The Labute approximate surface area is 226 Å². The van der Waals surface area contributed by atoms with Gasteiger partial charge in [0.15, 0.2) is 16.9 Å². The molecule has 196 valence electrons. The summed E-state index contributed by atoms with van der Waals surface area (Å²) in [6.45, 7) is 6.92. The van der Waals surface area contributed by atoms with Crippen LogP contribution in [0.3, 0.4) is 0 Å². The standard InChI is InChI=1S/C31H30ClNO5/c1-5-19-6-10-22(11-7-19)33-28(20-8-12-25(26(16-20)36-4)37-15-14-18(2)3)27-29(34)23-17-21(32)9-13-24(23)38-30(27)31(33)35/h6-13,16-18,28H,5,14-15H2,1-4H3. The minimum Gasteiger partial charge on any atom is -0.493 e. The topological polar surface area (TPSA) is 69.0 Å². The molecule has 1 aliphatic heterocycles. The summed E-state index contributed by atoms with van der Waals surface area (Å²) in [6.07, 6.45) is 1.78. The Bertz CT molecular complexity index is 1560. The second-order valence-electron chi connectivity index (χ2n) is 9.85. The van der Waals surface area contributed by atoms with Crippen molar-refractivity contribution in [2.75, 3.05) is 18.6 Å². The second kappa shape index (κ2) is 10.5. The summed E-state index contributed by atoms with van der Waals surface area (Å²) in [5, 5.41) is 0.750. The fourth-order valence-electron chi connectivity index (χ4n) is 4.80. The van der Waals surface area contributed by atoms with E-state index >= 15 is 0 Å². The van der Waals surface area contributed by atoms with Crippen LogP contribution < -0.4 is 19.8 Å². The summed E-state index contributed by atoms with van der Waals surface area (Å²) in [5.74, 6) is 1.31. The third kappa shape index (κ3) is 4.65. The van der Waals surface area contributed by atoms with E-state index in [0.717, 1.165) is 18.4 Å². The fraction of sp³-hybridized carbons (Fsp3) is 0.290. The van der Waals surface area contributed by atoms with Crippen molar-refractivity contribution in [2.24, 2.45) is 5.92 Å². The van der Waals surface area contributed by atoms with Gasteiger partial charge < -0.3 is 13.9 Å². The molecule has 0 N–H and O–H groups in total. The zero-order chi connectivity index (χ0) is 27.0. The minimum atomic E-state index is -0.719. The van der Waals surface area contributed by atoms with Crippen LogP contribution in [-0.2, 0) is 6.42 Å². The molecule has 1 unspecified atom stereocenters. The van der Waals surface area contributed by atoms with Crippen molar-refractivity contribution in [1.82, 2.24) is 0 Å². The quantitative estimate of drug-likeness (QED) is 0.240. The van der Waals surface area contributed by atoms with E-state index in [1.807, 2.05) is 42.5 Å². The number of methoxy groups -OCH3 is 1. The highest BCUT2D eigenvalue weighted by Crippen LogP contribution is 2.43. The van der Waals surface area contributed by atoms with Crippen molar-refractivity contribution in [3.05, 3.63) is 98.4 Å². The first-order valence-electron chi connectivity index (χ1n) is 12.8. The van der Waals surface area contributed by atoms with E-state index in [1.165, 1.54) is 0 Å². The number of fused-ring (bicyclic) bond motifs is 2. The molecule has 0 bridgehead atoms.